The van der Waals surface area contributed by atoms with Gasteiger partial charge in [0.2, 0.25) is 0 Å². The zero-order chi connectivity index (χ0) is 11.0. The first-order chi connectivity index (χ1) is 6.27. The molecule has 0 saturated heterocycles. The van der Waals surface area contributed by atoms with Gasteiger partial charge in [-0.15, -0.1) is 0 Å². The van der Waals surface area contributed by atoms with Gasteiger partial charge in [-0.1, -0.05) is 41.5 Å². The van der Waals surface area contributed by atoms with E-state index < -0.39 is 0 Å². The molecule has 0 aliphatic heterocycles. The van der Waals surface area contributed by atoms with E-state index in [1.165, 1.54) is 11.5 Å². The fourth-order valence-corrected chi connectivity index (χ4v) is 1.82. The first-order valence-electron chi connectivity index (χ1n) is 5.12. The first-order valence-corrected chi connectivity index (χ1v) is 5.89. The van der Waals surface area contributed by atoms with Gasteiger partial charge in [0.25, 0.3) is 0 Å². The Bertz CT molecular complexity index is 307. The lowest BCUT2D eigenvalue weighted by Crippen LogP contribution is -2.18. The maximum atomic E-state index is 4.63. The largest absolute Gasteiger partial charge is 0.223 e. The topological polar surface area (TPSA) is 25.8 Å². The molecule has 80 valence electrons. The summed E-state index contributed by atoms with van der Waals surface area (Å²) in [7, 11) is 0. The van der Waals surface area contributed by atoms with Crippen molar-refractivity contribution in [2.45, 2.75) is 58.8 Å². The van der Waals surface area contributed by atoms with Gasteiger partial charge in [-0.05, 0) is 18.0 Å². The Morgan fingerprint density at radius 2 is 1.71 bits per heavy atom. The predicted molar refractivity (Wildman–Crippen MR) is 61.9 cm³/mol. The van der Waals surface area contributed by atoms with E-state index in [1.807, 2.05) is 0 Å². The van der Waals surface area contributed by atoms with Crippen LogP contribution in [0.25, 0.3) is 0 Å². The van der Waals surface area contributed by atoms with Crippen molar-refractivity contribution >= 4 is 11.5 Å². The molecule has 0 radical (unpaired) electrons. The minimum atomic E-state index is 0.111. The number of hydrogen-bond acceptors (Lipinski definition) is 3. The van der Waals surface area contributed by atoms with E-state index in [1.54, 1.807) is 0 Å². The lowest BCUT2D eigenvalue weighted by molar-refractivity contribution is 0.473. The van der Waals surface area contributed by atoms with Crippen LogP contribution in [0.2, 0.25) is 0 Å². The van der Waals surface area contributed by atoms with Gasteiger partial charge < -0.3 is 0 Å². The van der Waals surface area contributed by atoms with Gasteiger partial charge in [0.15, 0.2) is 0 Å². The molecule has 0 unspecified atom stereocenters. The summed E-state index contributed by atoms with van der Waals surface area (Å²) in [6.45, 7) is 13.1. The van der Waals surface area contributed by atoms with Crippen LogP contribution in [0.15, 0.2) is 0 Å². The van der Waals surface area contributed by atoms with Crippen LogP contribution in [0.4, 0.5) is 0 Å². The van der Waals surface area contributed by atoms with Gasteiger partial charge in [0.05, 0.1) is 0 Å². The van der Waals surface area contributed by atoms with E-state index in [4.69, 9.17) is 0 Å². The normalized spacial score (nSPS) is 13.3. The molecule has 0 bridgehead atoms. The molecule has 0 saturated carbocycles. The summed E-state index contributed by atoms with van der Waals surface area (Å²) in [5, 5.41) is 1.13. The number of nitrogens with zero attached hydrogens (tertiary/aromatic N) is 2. The highest BCUT2D eigenvalue weighted by molar-refractivity contribution is 7.05. The summed E-state index contributed by atoms with van der Waals surface area (Å²) in [6.07, 6.45) is 1.08. The summed E-state index contributed by atoms with van der Waals surface area (Å²) < 4.78 is 4.46. The first kappa shape index (κ1) is 11.6. The molecule has 14 heavy (non-hydrogen) atoms. The molecule has 0 aliphatic rings. The average molecular weight is 212 g/mol. The summed E-state index contributed by atoms with van der Waals surface area (Å²) in [5.74, 6) is 0.995. The van der Waals surface area contributed by atoms with Crippen molar-refractivity contribution in [3.05, 3.63) is 10.8 Å². The third-order valence-electron chi connectivity index (χ3n) is 2.56. The van der Waals surface area contributed by atoms with E-state index in [0.717, 1.165) is 17.3 Å². The number of hydrogen-bond donors (Lipinski definition) is 0. The van der Waals surface area contributed by atoms with Crippen LogP contribution in [-0.2, 0) is 10.8 Å². The molecule has 0 fully saturated rings. The van der Waals surface area contributed by atoms with Gasteiger partial charge in [-0.3, -0.25) is 0 Å². The molecule has 0 spiro atoms. The molecule has 3 heteroatoms. The van der Waals surface area contributed by atoms with E-state index in [0.29, 0.717) is 0 Å². The number of aromatic nitrogens is 2. The number of rotatable bonds is 2. The molecule has 1 rings (SSSR count). The molecule has 1 heterocycles. The summed E-state index contributed by atoms with van der Waals surface area (Å²) in [5.41, 5.74) is 0.236. The van der Waals surface area contributed by atoms with Gasteiger partial charge in [-0.25, -0.2) is 4.98 Å². The second-order valence-electron chi connectivity index (χ2n) is 5.41. The maximum Gasteiger partial charge on any atom is 0.148 e. The van der Waals surface area contributed by atoms with Crippen molar-refractivity contribution < 1.29 is 0 Å². The highest BCUT2D eigenvalue weighted by Crippen LogP contribution is 2.29. The lowest BCUT2D eigenvalue weighted by Gasteiger charge is -2.18. The molecular formula is C11H20N2S. The molecule has 0 aliphatic carbocycles. The Hall–Kier alpha value is -0.440. The highest BCUT2D eigenvalue weighted by Gasteiger charge is 2.26. The average Bonchev–Trinajstić information content (AvgIpc) is 2.51. The Morgan fingerprint density at radius 3 is 2.07 bits per heavy atom. The minimum absolute atomic E-state index is 0.111. The molecule has 0 amide bonds. The van der Waals surface area contributed by atoms with Crippen LogP contribution >= 0.6 is 11.5 Å². The third kappa shape index (κ3) is 2.32. The van der Waals surface area contributed by atoms with Crippen LogP contribution in [0.3, 0.4) is 0 Å². The summed E-state index contributed by atoms with van der Waals surface area (Å²) in [4.78, 5) is 4.63. The molecule has 0 aromatic carbocycles. The third-order valence-corrected chi connectivity index (χ3v) is 3.70. The zero-order valence-electron chi connectivity index (χ0n) is 10.0. The van der Waals surface area contributed by atoms with Crippen LogP contribution in [0, 0.1) is 0 Å². The van der Waals surface area contributed by atoms with Crippen LogP contribution in [-0.4, -0.2) is 9.36 Å². The second-order valence-corrected chi connectivity index (χ2v) is 6.16. The van der Waals surface area contributed by atoms with E-state index in [-0.39, 0.29) is 10.8 Å². The van der Waals surface area contributed by atoms with Crippen molar-refractivity contribution in [2.24, 2.45) is 0 Å². The fraction of sp³-hybridized carbons (Fsp3) is 0.818. The molecular weight excluding hydrogens is 192 g/mol. The molecule has 1 aromatic rings. The Balaban J connectivity index is 3.00. The van der Waals surface area contributed by atoms with Crippen molar-refractivity contribution in [3.8, 4) is 0 Å². The van der Waals surface area contributed by atoms with Gasteiger partial charge in [0, 0.05) is 10.8 Å². The Kier molecular flexibility index (Phi) is 3.00. The summed E-state index contributed by atoms with van der Waals surface area (Å²) in [6, 6.07) is 0. The quantitative estimate of drug-likeness (QED) is 0.749. The minimum Gasteiger partial charge on any atom is -0.223 e. The van der Waals surface area contributed by atoms with Gasteiger partial charge in [-0.2, -0.15) is 4.37 Å². The van der Waals surface area contributed by atoms with E-state index in [9.17, 15) is 0 Å². The van der Waals surface area contributed by atoms with Gasteiger partial charge >= 0.3 is 0 Å². The lowest BCUT2D eigenvalue weighted by atomic mass is 9.89. The standard InChI is InChI=1S/C11H20N2S/c1-7-11(5,6)8-12-9(14-13-8)10(2,3)4/h7H2,1-6H3. The van der Waals surface area contributed by atoms with Crippen LogP contribution in [0.1, 0.15) is 58.8 Å². The molecule has 2 nitrogen and oxygen atoms in total. The predicted octanol–water partition coefficient (Wildman–Crippen LogP) is 3.52. The van der Waals surface area contributed by atoms with Crippen molar-refractivity contribution in [3.63, 3.8) is 0 Å². The fourth-order valence-electron chi connectivity index (χ4n) is 0.961. The molecule has 1 aromatic heterocycles. The molecule has 0 atom stereocenters. The summed E-state index contributed by atoms with van der Waals surface area (Å²) >= 11 is 1.54. The monoisotopic (exact) mass is 212 g/mol. The maximum absolute atomic E-state index is 4.63. The zero-order valence-corrected chi connectivity index (χ0v) is 10.8. The highest BCUT2D eigenvalue weighted by atomic mass is 32.1. The van der Waals surface area contributed by atoms with E-state index >= 15 is 0 Å². The van der Waals surface area contributed by atoms with Crippen LogP contribution in [0.5, 0.6) is 0 Å². The van der Waals surface area contributed by atoms with Gasteiger partial charge in [0.1, 0.15) is 10.8 Å². The van der Waals surface area contributed by atoms with E-state index in [2.05, 4.69) is 50.9 Å². The Morgan fingerprint density at radius 1 is 1.14 bits per heavy atom. The van der Waals surface area contributed by atoms with Crippen molar-refractivity contribution in [2.75, 3.05) is 0 Å². The van der Waals surface area contributed by atoms with Crippen LogP contribution < -0.4 is 0 Å². The second kappa shape index (κ2) is 3.61. The smallest absolute Gasteiger partial charge is 0.148 e. The van der Waals surface area contributed by atoms with Crippen molar-refractivity contribution in [1.82, 2.24) is 9.36 Å². The van der Waals surface area contributed by atoms with Crippen molar-refractivity contribution in [1.29, 1.82) is 0 Å². The SMILES string of the molecule is CCC(C)(C)c1nsc(C(C)(C)C)n1. The molecule has 0 N–H and O–H groups in total. The Labute approximate surface area is 90.9 Å².